The van der Waals surface area contributed by atoms with E-state index < -0.39 is 0 Å². The lowest BCUT2D eigenvalue weighted by Gasteiger charge is -2.15. The molecule has 0 amide bonds. The fraction of sp³-hybridized carbons (Fsp3) is 0.238. The molecule has 0 fully saturated rings. The van der Waals surface area contributed by atoms with E-state index in [4.69, 9.17) is 9.84 Å². The molecule has 6 nitrogen and oxygen atoms in total. The van der Waals surface area contributed by atoms with Gasteiger partial charge in [0.05, 0.1) is 22.8 Å². The maximum absolute atomic E-state index is 12.7. The number of aromatic nitrogens is 3. The molecule has 1 aliphatic rings. The number of nitrogens with zero attached hydrogens (tertiary/aromatic N) is 4. The number of carbonyl (C=O) groups is 1. The molecule has 8 heteroatoms. The third-order valence-corrected chi connectivity index (χ3v) is 6.21. The van der Waals surface area contributed by atoms with Crippen LogP contribution < -0.4 is 0 Å². The number of hydrogen-bond acceptors (Lipinski definition) is 7. The van der Waals surface area contributed by atoms with Gasteiger partial charge in [-0.15, -0.1) is 21.5 Å². The van der Waals surface area contributed by atoms with Gasteiger partial charge in [-0.25, -0.2) is 4.79 Å². The lowest BCUT2D eigenvalue weighted by molar-refractivity contribution is -0.137. The van der Waals surface area contributed by atoms with Crippen molar-refractivity contribution in [2.75, 3.05) is 12.4 Å². The van der Waals surface area contributed by atoms with Gasteiger partial charge in [0.1, 0.15) is 0 Å². The normalized spacial score (nSPS) is 13.7. The van der Waals surface area contributed by atoms with Crippen LogP contribution in [0.1, 0.15) is 25.0 Å². The number of carbonyl (C=O) groups excluding carboxylic acids is 1. The number of rotatable bonds is 6. The summed E-state index contributed by atoms with van der Waals surface area (Å²) < 4.78 is 7.02. The van der Waals surface area contributed by atoms with E-state index in [0.717, 1.165) is 16.9 Å². The minimum Gasteiger partial charge on any atom is -0.462 e. The highest BCUT2D eigenvalue weighted by Gasteiger charge is 2.25. The Morgan fingerprint density at radius 1 is 1.21 bits per heavy atom. The van der Waals surface area contributed by atoms with Crippen molar-refractivity contribution in [1.29, 1.82) is 0 Å². The van der Waals surface area contributed by atoms with Crippen LogP contribution in [0.5, 0.6) is 0 Å². The molecule has 29 heavy (non-hydrogen) atoms. The summed E-state index contributed by atoms with van der Waals surface area (Å²) in [7, 11) is 0. The first-order valence-corrected chi connectivity index (χ1v) is 11.2. The van der Waals surface area contributed by atoms with Crippen molar-refractivity contribution in [3.63, 3.8) is 0 Å². The Labute approximate surface area is 177 Å². The van der Waals surface area contributed by atoms with E-state index in [1.165, 1.54) is 17.3 Å². The summed E-state index contributed by atoms with van der Waals surface area (Å²) in [6, 6.07) is 12.1. The monoisotopic (exact) mass is 424 g/mol. The highest BCUT2D eigenvalue weighted by molar-refractivity contribution is 7.99. The summed E-state index contributed by atoms with van der Waals surface area (Å²) in [6.45, 7) is 4.23. The van der Waals surface area contributed by atoms with Gasteiger partial charge in [-0.3, -0.25) is 0 Å². The number of benzene rings is 1. The second-order valence-electron chi connectivity index (χ2n) is 6.30. The predicted molar refractivity (Wildman–Crippen MR) is 117 cm³/mol. The molecule has 2 aromatic heterocycles. The third kappa shape index (κ3) is 4.18. The Morgan fingerprint density at radius 3 is 2.72 bits per heavy atom. The molecule has 0 bridgehead atoms. The lowest BCUT2D eigenvalue weighted by atomic mass is 10.0. The average Bonchev–Trinajstić information content (AvgIpc) is 3.41. The zero-order valence-corrected chi connectivity index (χ0v) is 17.8. The topological polar surface area (TPSA) is 69.4 Å². The highest BCUT2D eigenvalue weighted by atomic mass is 32.2. The molecule has 0 aliphatic carbocycles. The molecule has 1 aliphatic heterocycles. The zero-order valence-electron chi connectivity index (χ0n) is 16.2. The SMILES string of the molecule is CCOC(=O)/C(=C\c1ccc(CC)cc1)C1=Nn2c(nnc2-c2cccs2)SC1. The number of esters is 1. The van der Waals surface area contributed by atoms with Gasteiger partial charge in [-0.2, -0.15) is 9.78 Å². The molecule has 1 aromatic carbocycles. The fourth-order valence-corrected chi connectivity index (χ4v) is 4.43. The molecule has 0 spiro atoms. The maximum Gasteiger partial charge on any atom is 0.340 e. The first-order valence-electron chi connectivity index (χ1n) is 9.37. The van der Waals surface area contributed by atoms with Crippen LogP contribution in [0.3, 0.4) is 0 Å². The van der Waals surface area contributed by atoms with Gasteiger partial charge < -0.3 is 4.74 Å². The van der Waals surface area contributed by atoms with E-state index in [-0.39, 0.29) is 5.97 Å². The molecule has 0 saturated carbocycles. The number of ether oxygens (including phenoxy) is 1. The van der Waals surface area contributed by atoms with Crippen LogP contribution in [0.4, 0.5) is 0 Å². The molecule has 148 valence electrons. The molecule has 0 saturated heterocycles. The van der Waals surface area contributed by atoms with E-state index >= 15 is 0 Å². The number of thiophene rings is 1. The summed E-state index contributed by atoms with van der Waals surface area (Å²) in [4.78, 5) is 13.7. The van der Waals surface area contributed by atoms with E-state index in [0.29, 0.717) is 34.6 Å². The number of fused-ring (bicyclic) bond motifs is 1. The lowest BCUT2D eigenvalue weighted by Crippen LogP contribution is -2.21. The van der Waals surface area contributed by atoms with Gasteiger partial charge in [0, 0.05) is 5.75 Å². The summed E-state index contributed by atoms with van der Waals surface area (Å²) in [5.41, 5.74) is 3.30. The largest absolute Gasteiger partial charge is 0.462 e. The van der Waals surface area contributed by atoms with Crippen LogP contribution in [0.25, 0.3) is 16.8 Å². The standard InChI is InChI=1S/C21H20N4O2S2/c1-3-14-7-9-15(10-8-14)12-16(20(26)27-4-2)17-13-29-21-23-22-19(25(21)24-17)18-6-5-11-28-18/h5-12H,3-4,13H2,1-2H3/b16-12-. The molecule has 0 radical (unpaired) electrons. The van der Waals surface area contributed by atoms with Gasteiger partial charge in [-0.05, 0) is 42.0 Å². The van der Waals surface area contributed by atoms with Crippen LogP contribution in [0, 0.1) is 0 Å². The minimum absolute atomic E-state index is 0.309. The molecule has 3 aromatic rings. The van der Waals surface area contributed by atoms with Gasteiger partial charge in [-0.1, -0.05) is 49.0 Å². The predicted octanol–water partition coefficient (Wildman–Crippen LogP) is 4.53. The molecule has 0 atom stereocenters. The Bertz CT molecular complexity index is 1070. The summed E-state index contributed by atoms with van der Waals surface area (Å²) in [5, 5.41) is 15.9. The van der Waals surface area contributed by atoms with Crippen molar-refractivity contribution in [3.05, 3.63) is 58.5 Å². The third-order valence-electron chi connectivity index (χ3n) is 4.42. The van der Waals surface area contributed by atoms with E-state index in [2.05, 4.69) is 29.3 Å². The van der Waals surface area contributed by atoms with Crippen LogP contribution >= 0.6 is 23.1 Å². The van der Waals surface area contributed by atoms with Gasteiger partial charge >= 0.3 is 5.97 Å². The van der Waals surface area contributed by atoms with Crippen LogP contribution in [-0.4, -0.2) is 38.9 Å². The molecule has 0 N–H and O–H groups in total. The number of aryl methyl sites for hydroxylation is 1. The molecular weight excluding hydrogens is 404 g/mol. The first-order chi connectivity index (χ1) is 14.2. The zero-order chi connectivity index (χ0) is 20.2. The number of thioether (sulfide) groups is 1. The average molecular weight is 425 g/mol. The van der Waals surface area contributed by atoms with Crippen LogP contribution in [-0.2, 0) is 16.0 Å². The molecule has 3 heterocycles. The van der Waals surface area contributed by atoms with Crippen LogP contribution in [0.2, 0.25) is 0 Å². The summed E-state index contributed by atoms with van der Waals surface area (Å²) in [6.07, 6.45) is 2.82. The maximum atomic E-state index is 12.7. The highest BCUT2D eigenvalue weighted by Crippen LogP contribution is 2.31. The summed E-state index contributed by atoms with van der Waals surface area (Å²) >= 11 is 3.09. The van der Waals surface area contributed by atoms with Crippen LogP contribution in [0.15, 0.2) is 57.6 Å². The Hall–Kier alpha value is -2.71. The second-order valence-corrected chi connectivity index (χ2v) is 8.19. The van der Waals surface area contributed by atoms with Gasteiger partial charge in [0.2, 0.25) is 5.16 Å². The molecule has 0 unspecified atom stereocenters. The second kappa shape index (κ2) is 8.75. The van der Waals surface area contributed by atoms with Crippen molar-refractivity contribution in [1.82, 2.24) is 14.9 Å². The molecule has 4 rings (SSSR count). The Kier molecular flexibility index (Phi) is 5.92. The summed E-state index contributed by atoms with van der Waals surface area (Å²) in [5.74, 6) is 0.830. The smallest absolute Gasteiger partial charge is 0.340 e. The van der Waals surface area contributed by atoms with E-state index in [1.54, 1.807) is 22.9 Å². The Morgan fingerprint density at radius 2 is 2.03 bits per heavy atom. The quantitative estimate of drug-likeness (QED) is 0.430. The number of hydrogen-bond donors (Lipinski definition) is 0. The van der Waals surface area contributed by atoms with Gasteiger partial charge in [0.15, 0.2) is 5.82 Å². The van der Waals surface area contributed by atoms with E-state index in [9.17, 15) is 4.79 Å². The van der Waals surface area contributed by atoms with Crippen molar-refractivity contribution in [2.24, 2.45) is 5.10 Å². The fourth-order valence-electron chi connectivity index (χ4n) is 2.90. The van der Waals surface area contributed by atoms with Gasteiger partial charge in [0.25, 0.3) is 0 Å². The van der Waals surface area contributed by atoms with Crippen molar-refractivity contribution in [3.8, 4) is 10.7 Å². The minimum atomic E-state index is -0.374. The molecular formula is C21H20N4O2S2. The van der Waals surface area contributed by atoms with Crippen molar-refractivity contribution < 1.29 is 9.53 Å². The van der Waals surface area contributed by atoms with E-state index in [1.807, 2.05) is 35.7 Å². The van der Waals surface area contributed by atoms with Crippen molar-refractivity contribution >= 4 is 40.9 Å². The first kappa shape index (κ1) is 19.6. The Balaban J connectivity index is 1.75. The van der Waals surface area contributed by atoms with Crippen molar-refractivity contribution in [2.45, 2.75) is 25.4 Å².